The van der Waals surface area contributed by atoms with Crippen LogP contribution in [0.25, 0.3) is 11.2 Å². The number of aromatic carboxylic acids is 1. The summed E-state index contributed by atoms with van der Waals surface area (Å²) < 4.78 is 8.10. The predicted molar refractivity (Wildman–Crippen MR) is 105 cm³/mol. The number of carboxylic acid groups (broad SMARTS) is 1. The van der Waals surface area contributed by atoms with Gasteiger partial charge in [0.05, 0.1) is 24.2 Å². The number of aromatic nitrogens is 3. The summed E-state index contributed by atoms with van der Waals surface area (Å²) in [6, 6.07) is 0.601. The van der Waals surface area contributed by atoms with Crippen LogP contribution in [0.3, 0.4) is 0 Å². The van der Waals surface area contributed by atoms with Crippen LogP contribution in [0.15, 0.2) is 17.1 Å². The van der Waals surface area contributed by atoms with Gasteiger partial charge in [0, 0.05) is 18.3 Å². The molecule has 2 heterocycles. The highest BCUT2D eigenvalue weighted by Crippen LogP contribution is 2.20. The molecule has 0 aliphatic rings. The zero-order valence-corrected chi connectivity index (χ0v) is 17.0. The molecule has 0 saturated heterocycles. The number of fused-ring (bicyclic) bond motifs is 1. The van der Waals surface area contributed by atoms with Crippen molar-refractivity contribution in [3.05, 3.63) is 28.3 Å². The highest BCUT2D eigenvalue weighted by Gasteiger charge is 2.28. The Morgan fingerprint density at radius 3 is 2.54 bits per heavy atom. The van der Waals surface area contributed by atoms with Crippen LogP contribution in [-0.4, -0.2) is 49.9 Å². The molecule has 0 bridgehead atoms. The Labute approximate surface area is 163 Å². The third kappa shape index (κ3) is 4.59. The Morgan fingerprint density at radius 2 is 2.00 bits per heavy atom. The van der Waals surface area contributed by atoms with Gasteiger partial charge in [-0.1, -0.05) is 6.92 Å². The minimum absolute atomic E-state index is 0.0470. The van der Waals surface area contributed by atoms with E-state index in [9.17, 15) is 19.5 Å². The van der Waals surface area contributed by atoms with E-state index in [2.05, 4.69) is 10.3 Å². The maximum Gasteiger partial charge on any atom is 0.337 e. The minimum Gasteiger partial charge on any atom is -0.478 e. The number of ether oxygens (including phenoxy) is 1. The van der Waals surface area contributed by atoms with E-state index >= 15 is 0 Å². The van der Waals surface area contributed by atoms with Gasteiger partial charge in [0.1, 0.15) is 6.04 Å². The van der Waals surface area contributed by atoms with Crippen LogP contribution in [0.2, 0.25) is 0 Å². The van der Waals surface area contributed by atoms with E-state index in [-0.39, 0.29) is 18.0 Å². The lowest BCUT2D eigenvalue weighted by Crippen LogP contribution is -2.46. The van der Waals surface area contributed by atoms with Crippen molar-refractivity contribution in [3.63, 3.8) is 0 Å². The molecule has 2 rings (SSSR count). The summed E-state index contributed by atoms with van der Waals surface area (Å²) in [6.07, 6.45) is 1.57. The molecule has 1 amide bonds. The average Bonchev–Trinajstić information content (AvgIpc) is 2.86. The van der Waals surface area contributed by atoms with Crippen molar-refractivity contribution in [3.8, 4) is 0 Å². The van der Waals surface area contributed by atoms with Crippen LogP contribution in [0.5, 0.6) is 0 Å². The van der Waals surface area contributed by atoms with Crippen molar-refractivity contribution in [1.82, 2.24) is 19.4 Å². The molecule has 0 spiro atoms. The Morgan fingerprint density at radius 1 is 1.32 bits per heavy atom. The number of pyridine rings is 1. The fourth-order valence-electron chi connectivity index (χ4n) is 3.01. The molecule has 2 aromatic rings. The summed E-state index contributed by atoms with van der Waals surface area (Å²) in [7, 11) is 0. The van der Waals surface area contributed by atoms with Gasteiger partial charge in [-0.15, -0.1) is 0 Å². The molecule has 1 atom stereocenters. The fraction of sp³-hybridized carbons (Fsp3) is 0.579. The topological polar surface area (TPSA) is 115 Å². The van der Waals surface area contributed by atoms with Crippen molar-refractivity contribution in [2.75, 3.05) is 13.2 Å². The van der Waals surface area contributed by atoms with E-state index in [0.717, 1.165) is 0 Å². The molecule has 9 nitrogen and oxygen atoms in total. The van der Waals surface area contributed by atoms with Crippen LogP contribution in [0.1, 0.15) is 57.4 Å². The maximum absolute atomic E-state index is 13.1. The SMILES string of the molecule is CCOCCn1c(=O)n([C@H](CC)C(=O)NC(C)(C)C)c2cc(C(=O)O)cnc21. The molecule has 0 aromatic carbocycles. The highest BCUT2D eigenvalue weighted by atomic mass is 16.5. The standard InChI is InChI=1S/C19H28N4O5/c1-6-13(16(24)21-19(3,4)5)23-14-10-12(17(25)26)11-20-15(14)22(18(23)27)8-9-28-7-2/h10-11,13H,6-9H2,1-5H3,(H,21,24)(H,25,26)/t13-/m1/s1. The molecule has 28 heavy (non-hydrogen) atoms. The molecule has 0 radical (unpaired) electrons. The van der Waals surface area contributed by atoms with Gasteiger partial charge in [0.25, 0.3) is 0 Å². The molecule has 0 fully saturated rings. The van der Waals surface area contributed by atoms with E-state index in [0.29, 0.717) is 30.8 Å². The molecule has 9 heteroatoms. The van der Waals surface area contributed by atoms with Gasteiger partial charge < -0.3 is 15.2 Å². The average molecular weight is 392 g/mol. The first-order valence-corrected chi connectivity index (χ1v) is 9.34. The summed E-state index contributed by atoms with van der Waals surface area (Å²) in [5, 5.41) is 12.2. The van der Waals surface area contributed by atoms with Crippen LogP contribution in [0.4, 0.5) is 0 Å². The zero-order chi connectivity index (χ0) is 21.1. The van der Waals surface area contributed by atoms with Crippen molar-refractivity contribution in [2.24, 2.45) is 0 Å². The number of carbonyl (C=O) groups is 2. The summed E-state index contributed by atoms with van der Waals surface area (Å²) in [5.74, 6) is -1.45. The summed E-state index contributed by atoms with van der Waals surface area (Å²) in [4.78, 5) is 41.5. The van der Waals surface area contributed by atoms with E-state index < -0.39 is 23.2 Å². The van der Waals surface area contributed by atoms with Crippen molar-refractivity contribution in [1.29, 1.82) is 0 Å². The summed E-state index contributed by atoms with van der Waals surface area (Å²) >= 11 is 0. The van der Waals surface area contributed by atoms with Crippen LogP contribution in [-0.2, 0) is 16.1 Å². The van der Waals surface area contributed by atoms with Gasteiger partial charge in [-0.25, -0.2) is 14.6 Å². The van der Waals surface area contributed by atoms with Gasteiger partial charge >= 0.3 is 11.7 Å². The van der Waals surface area contributed by atoms with Gasteiger partial charge in [0.2, 0.25) is 5.91 Å². The van der Waals surface area contributed by atoms with E-state index in [1.165, 1.54) is 21.4 Å². The Bertz CT molecular complexity index is 923. The zero-order valence-electron chi connectivity index (χ0n) is 17.0. The summed E-state index contributed by atoms with van der Waals surface area (Å²) in [5.41, 5.74) is -0.282. The smallest absolute Gasteiger partial charge is 0.337 e. The Balaban J connectivity index is 2.65. The van der Waals surface area contributed by atoms with E-state index in [1.807, 2.05) is 27.7 Å². The van der Waals surface area contributed by atoms with Crippen molar-refractivity contribution < 1.29 is 19.4 Å². The largest absolute Gasteiger partial charge is 0.478 e. The quantitative estimate of drug-likeness (QED) is 0.662. The number of carboxylic acids is 1. The Kier molecular flexibility index (Phi) is 6.60. The first-order chi connectivity index (χ1) is 13.1. The lowest BCUT2D eigenvalue weighted by atomic mass is 10.1. The minimum atomic E-state index is -1.15. The normalized spacial score (nSPS) is 12.9. The van der Waals surface area contributed by atoms with Gasteiger partial charge in [0.15, 0.2) is 5.65 Å². The van der Waals surface area contributed by atoms with E-state index in [1.54, 1.807) is 6.92 Å². The maximum atomic E-state index is 13.1. The number of nitrogens with one attached hydrogen (secondary N) is 1. The van der Waals surface area contributed by atoms with Crippen LogP contribution < -0.4 is 11.0 Å². The lowest BCUT2D eigenvalue weighted by Gasteiger charge is -2.25. The van der Waals surface area contributed by atoms with Gasteiger partial charge in [-0.05, 0) is 40.2 Å². The molecule has 0 saturated carbocycles. The number of hydrogen-bond acceptors (Lipinski definition) is 5. The summed E-state index contributed by atoms with van der Waals surface area (Å²) in [6.45, 7) is 10.3. The molecular weight excluding hydrogens is 364 g/mol. The number of hydrogen-bond donors (Lipinski definition) is 2. The van der Waals surface area contributed by atoms with Crippen LogP contribution in [0, 0.1) is 0 Å². The first kappa shape index (κ1) is 21.6. The molecular formula is C19H28N4O5. The number of rotatable bonds is 8. The number of carbonyl (C=O) groups excluding carboxylic acids is 1. The number of imidazole rings is 1. The van der Waals surface area contributed by atoms with Gasteiger partial charge in [-0.2, -0.15) is 0 Å². The molecule has 0 aliphatic heterocycles. The van der Waals surface area contributed by atoms with Crippen molar-refractivity contribution >= 4 is 23.0 Å². The molecule has 0 aliphatic carbocycles. The Hall–Kier alpha value is -2.68. The molecule has 154 valence electrons. The fourth-order valence-corrected chi connectivity index (χ4v) is 3.01. The predicted octanol–water partition coefficient (Wildman–Crippen LogP) is 1.80. The molecule has 2 aromatic heterocycles. The highest BCUT2D eigenvalue weighted by molar-refractivity contribution is 5.91. The number of amides is 1. The number of nitrogens with zero attached hydrogens (tertiary/aromatic N) is 3. The second-order valence-electron chi connectivity index (χ2n) is 7.54. The third-order valence-corrected chi connectivity index (χ3v) is 4.21. The lowest BCUT2D eigenvalue weighted by molar-refractivity contribution is -0.125. The van der Waals surface area contributed by atoms with Crippen molar-refractivity contribution in [2.45, 2.75) is 59.2 Å². The molecule has 2 N–H and O–H groups in total. The van der Waals surface area contributed by atoms with E-state index in [4.69, 9.17) is 4.74 Å². The van der Waals surface area contributed by atoms with Gasteiger partial charge in [-0.3, -0.25) is 13.9 Å². The van der Waals surface area contributed by atoms with Crippen LogP contribution >= 0.6 is 0 Å². The first-order valence-electron chi connectivity index (χ1n) is 9.34. The third-order valence-electron chi connectivity index (χ3n) is 4.21. The second kappa shape index (κ2) is 8.55. The monoisotopic (exact) mass is 392 g/mol. The second-order valence-corrected chi connectivity index (χ2v) is 7.54. The molecule has 0 unspecified atom stereocenters.